The number of hydrogen-bond acceptors (Lipinski definition) is 4. The van der Waals surface area contributed by atoms with Crippen molar-refractivity contribution in [1.82, 2.24) is 5.23 Å². The van der Waals surface area contributed by atoms with E-state index in [2.05, 4.69) is 45.3 Å². The number of ether oxygens (including phenoxy) is 1. The van der Waals surface area contributed by atoms with Crippen molar-refractivity contribution in [1.29, 1.82) is 0 Å². The van der Waals surface area contributed by atoms with Crippen molar-refractivity contribution in [3.8, 4) is 5.75 Å². The van der Waals surface area contributed by atoms with Crippen molar-refractivity contribution in [2.45, 2.75) is 57.8 Å². The van der Waals surface area contributed by atoms with Gasteiger partial charge in [-0.25, -0.2) is 4.84 Å². The first-order valence-electron chi connectivity index (χ1n) is 8.33. The quantitative estimate of drug-likeness (QED) is 0.694. The summed E-state index contributed by atoms with van der Waals surface area (Å²) in [7, 11) is -0.0804. The third-order valence-corrected chi connectivity index (χ3v) is 4.58. The Balaban J connectivity index is 2.22. The SMILES string of the molecule is C=C1[C@H](c2ccc(OC)cc2)C[C@@H](CCC)ON1O[Si](C)(C)C. The third-order valence-electron chi connectivity index (χ3n) is 3.87. The van der Waals surface area contributed by atoms with Crippen molar-refractivity contribution in [3.63, 3.8) is 0 Å². The Labute approximate surface area is 141 Å². The molecular weight excluding hydrogens is 306 g/mol. The molecule has 1 aliphatic rings. The fourth-order valence-corrected chi connectivity index (χ4v) is 3.42. The summed E-state index contributed by atoms with van der Waals surface area (Å²) >= 11 is 0. The van der Waals surface area contributed by atoms with Gasteiger partial charge in [0.15, 0.2) is 0 Å². The van der Waals surface area contributed by atoms with Crippen LogP contribution in [0.3, 0.4) is 0 Å². The van der Waals surface area contributed by atoms with Gasteiger partial charge in [0.2, 0.25) is 8.32 Å². The highest BCUT2D eigenvalue weighted by atomic mass is 28.4. The van der Waals surface area contributed by atoms with Gasteiger partial charge in [0.05, 0.1) is 18.9 Å². The highest BCUT2D eigenvalue weighted by Gasteiger charge is 2.35. The molecule has 2 atom stereocenters. The number of hydrogen-bond donors (Lipinski definition) is 0. The predicted octanol–water partition coefficient (Wildman–Crippen LogP) is 4.87. The minimum atomic E-state index is -1.76. The number of hydroxylamine groups is 2. The Morgan fingerprint density at radius 3 is 2.43 bits per heavy atom. The molecule has 2 rings (SSSR count). The summed E-state index contributed by atoms with van der Waals surface area (Å²) in [6.45, 7) is 12.9. The molecule has 23 heavy (non-hydrogen) atoms. The first kappa shape index (κ1) is 18.0. The third kappa shape index (κ3) is 4.83. The van der Waals surface area contributed by atoms with E-state index >= 15 is 0 Å². The molecule has 1 saturated heterocycles. The summed E-state index contributed by atoms with van der Waals surface area (Å²) in [5.74, 6) is 1.08. The van der Waals surface area contributed by atoms with Gasteiger partial charge >= 0.3 is 0 Å². The van der Waals surface area contributed by atoms with E-state index in [1.165, 1.54) is 5.56 Å². The van der Waals surface area contributed by atoms with Gasteiger partial charge in [-0.3, -0.25) is 4.53 Å². The van der Waals surface area contributed by atoms with Crippen LogP contribution in [-0.2, 0) is 9.36 Å². The van der Waals surface area contributed by atoms with Crippen LogP contribution in [0.15, 0.2) is 36.5 Å². The maximum absolute atomic E-state index is 6.09. The van der Waals surface area contributed by atoms with E-state index in [0.717, 1.165) is 30.7 Å². The number of rotatable bonds is 6. The van der Waals surface area contributed by atoms with E-state index in [9.17, 15) is 0 Å². The average Bonchev–Trinajstić information content (AvgIpc) is 2.49. The Kier molecular flexibility index (Phi) is 5.89. The molecule has 1 heterocycles. The topological polar surface area (TPSA) is 30.9 Å². The molecule has 0 aromatic heterocycles. The summed E-state index contributed by atoms with van der Waals surface area (Å²) < 4.78 is 11.3. The van der Waals surface area contributed by atoms with Crippen LogP contribution in [0.4, 0.5) is 0 Å². The van der Waals surface area contributed by atoms with Crippen LogP contribution in [0.2, 0.25) is 19.6 Å². The van der Waals surface area contributed by atoms with Gasteiger partial charge in [0.1, 0.15) is 5.75 Å². The lowest BCUT2D eigenvalue weighted by atomic mass is 9.88. The standard InChI is InChI=1S/C18H29NO3Si/c1-7-8-17-13-18(15-9-11-16(20-3)12-10-15)14(2)19(21-17)22-23(4,5)6/h9-12,17-18H,2,7-8,13H2,1,3-6H3/t17-,18-/m1/s1. The summed E-state index contributed by atoms with van der Waals surface area (Å²) in [4.78, 5) is 6.03. The Bertz CT molecular complexity index is 524. The number of benzene rings is 1. The number of nitrogens with zero attached hydrogens (tertiary/aromatic N) is 1. The van der Waals surface area contributed by atoms with Crippen LogP contribution in [0, 0.1) is 0 Å². The fraction of sp³-hybridized carbons (Fsp3) is 0.556. The van der Waals surface area contributed by atoms with Crippen LogP contribution in [0.5, 0.6) is 5.75 Å². The summed E-state index contributed by atoms with van der Waals surface area (Å²) in [5, 5.41) is 1.60. The molecule has 128 valence electrons. The molecule has 0 aliphatic carbocycles. The summed E-state index contributed by atoms with van der Waals surface area (Å²) in [6.07, 6.45) is 3.21. The first-order chi connectivity index (χ1) is 10.8. The second-order valence-electron chi connectivity index (χ2n) is 7.03. The van der Waals surface area contributed by atoms with Crippen LogP contribution >= 0.6 is 0 Å². The zero-order chi connectivity index (χ0) is 17.0. The maximum atomic E-state index is 6.09. The largest absolute Gasteiger partial charge is 0.497 e. The van der Waals surface area contributed by atoms with E-state index in [1.807, 2.05) is 12.1 Å². The summed E-state index contributed by atoms with van der Waals surface area (Å²) in [5.41, 5.74) is 2.11. The van der Waals surface area contributed by atoms with Crippen LogP contribution in [0.1, 0.15) is 37.7 Å². The molecular formula is C18H29NO3Si. The van der Waals surface area contributed by atoms with Gasteiger partial charge in [-0.2, -0.15) is 0 Å². The number of allylic oxidation sites excluding steroid dienone is 1. The second-order valence-corrected chi connectivity index (χ2v) is 11.4. The first-order valence-corrected chi connectivity index (χ1v) is 11.7. The molecule has 1 aromatic carbocycles. The van der Waals surface area contributed by atoms with Gasteiger partial charge in [0.25, 0.3) is 0 Å². The minimum Gasteiger partial charge on any atom is -0.497 e. The van der Waals surface area contributed by atoms with E-state index in [1.54, 1.807) is 12.3 Å². The van der Waals surface area contributed by atoms with Crippen molar-refractivity contribution in [2.24, 2.45) is 0 Å². The fourth-order valence-electron chi connectivity index (χ4n) is 2.76. The van der Waals surface area contributed by atoms with Crippen molar-refractivity contribution in [2.75, 3.05) is 7.11 Å². The molecule has 0 bridgehead atoms. The second kappa shape index (κ2) is 7.51. The van der Waals surface area contributed by atoms with E-state index in [4.69, 9.17) is 14.1 Å². The predicted molar refractivity (Wildman–Crippen MR) is 95.5 cm³/mol. The molecule has 4 nitrogen and oxygen atoms in total. The monoisotopic (exact) mass is 335 g/mol. The highest BCUT2D eigenvalue weighted by Crippen LogP contribution is 2.38. The smallest absolute Gasteiger partial charge is 0.223 e. The highest BCUT2D eigenvalue weighted by molar-refractivity contribution is 6.69. The van der Waals surface area contributed by atoms with E-state index in [0.29, 0.717) is 0 Å². The van der Waals surface area contributed by atoms with Crippen molar-refractivity contribution < 1.29 is 14.1 Å². The van der Waals surface area contributed by atoms with Crippen LogP contribution < -0.4 is 4.74 Å². The van der Waals surface area contributed by atoms with Crippen molar-refractivity contribution >= 4 is 8.32 Å². The van der Waals surface area contributed by atoms with Crippen molar-refractivity contribution in [3.05, 3.63) is 42.1 Å². The molecule has 1 fully saturated rings. The van der Waals surface area contributed by atoms with Gasteiger partial charge in [-0.15, -0.1) is 5.23 Å². The lowest BCUT2D eigenvalue weighted by molar-refractivity contribution is -0.340. The molecule has 0 amide bonds. The molecule has 0 spiro atoms. The maximum Gasteiger partial charge on any atom is 0.223 e. The Morgan fingerprint density at radius 2 is 1.91 bits per heavy atom. The molecule has 0 unspecified atom stereocenters. The van der Waals surface area contributed by atoms with E-state index < -0.39 is 8.32 Å². The van der Waals surface area contributed by atoms with Crippen LogP contribution in [-0.4, -0.2) is 26.8 Å². The van der Waals surface area contributed by atoms with Gasteiger partial charge in [-0.1, -0.05) is 32.1 Å². The average molecular weight is 336 g/mol. The number of methoxy groups -OCH3 is 1. The van der Waals surface area contributed by atoms with Gasteiger partial charge in [0, 0.05) is 5.92 Å². The molecule has 0 saturated carbocycles. The zero-order valence-corrected chi connectivity index (χ0v) is 16.0. The van der Waals surface area contributed by atoms with E-state index in [-0.39, 0.29) is 12.0 Å². The van der Waals surface area contributed by atoms with Gasteiger partial charge < -0.3 is 4.74 Å². The zero-order valence-electron chi connectivity index (χ0n) is 15.0. The van der Waals surface area contributed by atoms with Gasteiger partial charge in [-0.05, 0) is 50.2 Å². The normalized spacial score (nSPS) is 22.3. The lowest BCUT2D eigenvalue weighted by Crippen LogP contribution is -2.44. The Morgan fingerprint density at radius 1 is 1.26 bits per heavy atom. The molecule has 5 heteroatoms. The lowest BCUT2D eigenvalue weighted by Gasteiger charge is -2.41. The minimum absolute atomic E-state index is 0.161. The van der Waals surface area contributed by atoms with Crippen LogP contribution in [0.25, 0.3) is 0 Å². The molecule has 1 aliphatic heterocycles. The Hall–Kier alpha value is -1.30. The molecule has 1 aromatic rings. The molecule has 0 N–H and O–H groups in total. The summed E-state index contributed by atoms with van der Waals surface area (Å²) in [6, 6.07) is 8.21. The molecule has 0 radical (unpaired) electrons.